The molecule has 0 aromatic carbocycles. The van der Waals surface area contributed by atoms with Crippen LogP contribution in [0.2, 0.25) is 44.6 Å². The van der Waals surface area contributed by atoms with Crippen LogP contribution in [0.15, 0.2) is 0 Å². The summed E-state index contributed by atoms with van der Waals surface area (Å²) in [7, 11) is -3.01. The first-order chi connectivity index (χ1) is 8.03. The Morgan fingerprint density at radius 2 is 1.53 bits per heavy atom. The Kier molecular flexibility index (Phi) is 0.227. The molecule has 1 nitrogen and oxygen atoms in total. The fraction of sp³-hybridized carbons (Fsp3) is 1.00. The third-order valence-electron chi connectivity index (χ3n) is 16.1. The number of hydrogen-bond donors (Lipinski definition) is 1. The van der Waals surface area contributed by atoms with Gasteiger partial charge in [0.05, 0.1) is 0 Å². The zero-order valence-electron chi connectivity index (χ0n) is 10.5. The Morgan fingerprint density at radius 1 is 1.00 bits per heavy atom. The second-order valence-corrected chi connectivity index (χ2v) is 48.6. The molecule has 10 fully saturated rings. The summed E-state index contributed by atoms with van der Waals surface area (Å²) in [5.41, 5.74) is 0. The molecule has 0 aliphatic carbocycles. The van der Waals surface area contributed by atoms with Gasteiger partial charge in [0.1, 0.15) is 0 Å². The standard InChI is InChI=1S/C10H16N.C5H5.Ru/c1-3-8-11-9(2)10-6-4-5-7-10;1-2-4-5-3-1;/h4-7,9,11H,3,8H2,1-2H3;1-5H;. The van der Waals surface area contributed by atoms with Crippen molar-refractivity contribution in [2.75, 3.05) is 6.54 Å². The van der Waals surface area contributed by atoms with Gasteiger partial charge in [0, 0.05) is 0 Å². The SMILES string of the molecule is CCCNC(C)[C]12[CH]3[CH]4[CH]5[CH]1[Ru]45321678[CH]2[CH]1[CH]6[CH]7[CH]28. The van der Waals surface area contributed by atoms with Crippen molar-refractivity contribution in [2.24, 2.45) is 0 Å². The maximum absolute atomic E-state index is 3.99. The van der Waals surface area contributed by atoms with Crippen molar-refractivity contribution >= 4 is 0 Å². The summed E-state index contributed by atoms with van der Waals surface area (Å²) in [5, 5.41) is 3.99. The van der Waals surface area contributed by atoms with Gasteiger partial charge in [0.15, 0.2) is 0 Å². The van der Waals surface area contributed by atoms with Crippen LogP contribution in [-0.2, 0) is 7.72 Å². The predicted molar refractivity (Wildman–Crippen MR) is 64.2 cm³/mol. The van der Waals surface area contributed by atoms with E-state index in [1.807, 2.05) is 0 Å². The van der Waals surface area contributed by atoms with E-state index in [0.29, 0.717) is 0 Å². The molecule has 1 N–H and O–H groups in total. The number of fused-ring (bicyclic) bond motifs is 10. The van der Waals surface area contributed by atoms with Crippen molar-refractivity contribution in [2.45, 2.75) is 70.9 Å². The van der Waals surface area contributed by atoms with E-state index in [1.165, 1.54) is 53.6 Å². The Hall–Kier alpha value is 0.583. The molecule has 10 aliphatic rings. The third-order valence-corrected chi connectivity index (χ3v) is 83.5. The molecule has 10 aliphatic heterocycles. The van der Waals surface area contributed by atoms with Gasteiger partial charge >= 0.3 is 90.5 Å². The predicted octanol–water partition coefficient (Wildman–Crippen LogP) is 4.13. The quantitative estimate of drug-likeness (QED) is 0.769. The molecule has 10 rings (SSSR count). The molecule has 0 radical (unpaired) electrons. The van der Waals surface area contributed by atoms with Crippen molar-refractivity contribution in [3.63, 3.8) is 0 Å². The second-order valence-electron chi connectivity index (χ2n) is 11.4. The van der Waals surface area contributed by atoms with Gasteiger partial charge in [-0.2, -0.15) is 0 Å². The Balaban J connectivity index is 1.45. The van der Waals surface area contributed by atoms with Gasteiger partial charge in [-0.05, 0) is 0 Å². The van der Waals surface area contributed by atoms with Crippen molar-refractivity contribution in [3.8, 4) is 0 Å². The van der Waals surface area contributed by atoms with Crippen molar-refractivity contribution < 1.29 is 7.72 Å². The number of rotatable bonds is 4. The van der Waals surface area contributed by atoms with Gasteiger partial charge in [-0.3, -0.25) is 0 Å². The minimum absolute atomic E-state index is 0.963. The van der Waals surface area contributed by atoms with Crippen LogP contribution in [0.1, 0.15) is 20.3 Å². The Bertz CT molecular complexity index is 849. The zero-order chi connectivity index (χ0) is 10.7. The molecule has 1 spiro atoms. The average molecular weight is 316 g/mol. The molecule has 17 heavy (non-hydrogen) atoms. The van der Waals surface area contributed by atoms with Crippen LogP contribution >= 0.6 is 0 Å². The summed E-state index contributed by atoms with van der Waals surface area (Å²) < 4.78 is 14.8. The summed E-state index contributed by atoms with van der Waals surface area (Å²) in [6, 6.07) is 0.963. The third kappa shape index (κ3) is 0.0706. The summed E-state index contributed by atoms with van der Waals surface area (Å²) in [5.74, 6) is 0. The molecule has 5 unspecified atom stereocenters. The monoisotopic (exact) mass is 317 g/mol. The van der Waals surface area contributed by atoms with E-state index < -0.39 is 7.72 Å². The van der Waals surface area contributed by atoms with Crippen LogP contribution in [0.5, 0.6) is 0 Å². The van der Waals surface area contributed by atoms with Gasteiger partial charge in [-0.1, -0.05) is 0 Å². The van der Waals surface area contributed by atoms with Crippen LogP contribution in [0.25, 0.3) is 0 Å². The van der Waals surface area contributed by atoms with E-state index in [1.54, 1.807) is 0 Å². The first kappa shape index (κ1) is 6.84. The normalized spacial score (nSPS) is 121. The number of hydrogen-bond acceptors (Lipinski definition) is 1. The molecular weight excluding hydrogens is 295 g/mol. The molecule has 0 saturated carbocycles. The second kappa shape index (κ2) is 0.563. The Labute approximate surface area is 90.4 Å². The molecule has 2 heteroatoms. The fourth-order valence-corrected chi connectivity index (χ4v) is 154. The molecule has 0 bridgehead atoms. The van der Waals surface area contributed by atoms with Crippen molar-refractivity contribution in [1.29, 1.82) is 0 Å². The Morgan fingerprint density at radius 3 is 1.82 bits per heavy atom. The van der Waals surface area contributed by atoms with E-state index in [0.717, 1.165) is 10.1 Å². The van der Waals surface area contributed by atoms with E-state index in [-0.39, 0.29) is 0 Å². The summed E-state index contributed by atoms with van der Waals surface area (Å²) >= 11 is 0. The number of nitrogens with one attached hydrogen (secondary N) is 1. The summed E-state index contributed by atoms with van der Waals surface area (Å²) in [6.07, 6.45) is 1.33. The van der Waals surface area contributed by atoms with E-state index >= 15 is 0 Å². The maximum atomic E-state index is 3.99. The molecule has 0 aromatic heterocycles. The van der Waals surface area contributed by atoms with Gasteiger partial charge in [-0.15, -0.1) is 0 Å². The molecule has 5 atom stereocenters. The van der Waals surface area contributed by atoms with E-state index in [9.17, 15) is 0 Å². The van der Waals surface area contributed by atoms with Crippen molar-refractivity contribution in [3.05, 3.63) is 0 Å². The van der Waals surface area contributed by atoms with Gasteiger partial charge in [0.25, 0.3) is 0 Å². The summed E-state index contributed by atoms with van der Waals surface area (Å²) in [4.78, 5) is 0. The first-order valence-electron chi connectivity index (χ1n) is 7.97. The molecule has 0 amide bonds. The molecule has 10 saturated heterocycles. The molecule has 94 valence electrons. The van der Waals surface area contributed by atoms with E-state index in [2.05, 4.69) is 19.2 Å². The topological polar surface area (TPSA) is 12.0 Å². The minimum atomic E-state index is -3.01. The van der Waals surface area contributed by atoms with Gasteiger partial charge in [-0.25, -0.2) is 0 Å². The van der Waals surface area contributed by atoms with Gasteiger partial charge in [0.2, 0.25) is 0 Å². The van der Waals surface area contributed by atoms with Crippen LogP contribution < -0.4 is 5.32 Å². The average Bonchev–Trinajstić information content (AvgIpc) is 3.28. The fourth-order valence-electron chi connectivity index (χ4n) is 18.1. The molecule has 0 aromatic rings. The van der Waals surface area contributed by atoms with Crippen LogP contribution in [-0.4, -0.2) is 12.6 Å². The van der Waals surface area contributed by atoms with Crippen LogP contribution in [0.3, 0.4) is 0 Å². The van der Waals surface area contributed by atoms with E-state index in [4.69, 9.17) is 0 Å². The van der Waals surface area contributed by atoms with Crippen LogP contribution in [0.4, 0.5) is 0 Å². The summed E-state index contributed by atoms with van der Waals surface area (Å²) in [6.45, 7) is 6.25. The first-order valence-corrected chi connectivity index (χ1v) is 17.9. The molecular formula is C15H21NRu. The van der Waals surface area contributed by atoms with Gasteiger partial charge < -0.3 is 0 Å². The van der Waals surface area contributed by atoms with Crippen molar-refractivity contribution in [1.82, 2.24) is 5.32 Å². The zero-order valence-corrected chi connectivity index (χ0v) is 12.3. The van der Waals surface area contributed by atoms with Crippen LogP contribution in [0, 0.1) is 0 Å². The molecule has 10 heterocycles.